The van der Waals surface area contributed by atoms with E-state index in [0.29, 0.717) is 4.47 Å². The molecular formula is C12H14BrF3N4O2. The average Bonchev–Trinajstić information content (AvgIpc) is 2.92. The van der Waals surface area contributed by atoms with Gasteiger partial charge in [-0.1, -0.05) is 6.92 Å². The number of hydrazone groups is 1. The van der Waals surface area contributed by atoms with Crippen molar-refractivity contribution in [2.75, 3.05) is 0 Å². The van der Waals surface area contributed by atoms with Crippen LogP contribution in [0.4, 0.5) is 13.2 Å². The summed E-state index contributed by atoms with van der Waals surface area (Å²) in [6.07, 6.45) is -2.64. The van der Waals surface area contributed by atoms with Gasteiger partial charge in [-0.2, -0.15) is 28.4 Å². The maximum atomic E-state index is 13.1. The van der Waals surface area contributed by atoms with Gasteiger partial charge in [0.2, 0.25) is 5.91 Å². The highest BCUT2D eigenvalue weighted by Gasteiger charge is 2.62. The molecule has 1 aliphatic rings. The summed E-state index contributed by atoms with van der Waals surface area (Å²) < 4.78 is 41.4. The second kappa shape index (κ2) is 5.65. The lowest BCUT2D eigenvalue weighted by molar-refractivity contribution is -0.303. The normalized spacial score (nSPS) is 23.6. The number of carbonyl (C=O) groups is 1. The number of aliphatic hydroxyl groups is 1. The van der Waals surface area contributed by atoms with Crippen LogP contribution in [0, 0.1) is 5.92 Å². The predicted molar refractivity (Wildman–Crippen MR) is 74.7 cm³/mol. The highest BCUT2D eigenvalue weighted by Crippen LogP contribution is 2.40. The average molecular weight is 383 g/mol. The van der Waals surface area contributed by atoms with E-state index >= 15 is 0 Å². The Balaban J connectivity index is 2.19. The van der Waals surface area contributed by atoms with E-state index in [1.807, 2.05) is 0 Å². The number of carbonyl (C=O) groups excluding carboxylic acids is 1. The molecule has 1 aliphatic heterocycles. The van der Waals surface area contributed by atoms with Crippen molar-refractivity contribution < 1.29 is 23.1 Å². The first-order chi connectivity index (χ1) is 10.0. The second-order valence-electron chi connectivity index (χ2n) is 5.26. The molecule has 0 radical (unpaired) electrons. The zero-order valence-corrected chi connectivity index (χ0v) is 13.4. The molecule has 1 N–H and O–H groups in total. The third kappa shape index (κ3) is 3.02. The van der Waals surface area contributed by atoms with E-state index in [-0.39, 0.29) is 17.3 Å². The predicted octanol–water partition coefficient (Wildman–Crippen LogP) is 2.14. The van der Waals surface area contributed by atoms with Crippen LogP contribution in [-0.4, -0.2) is 43.4 Å². The number of amides is 1. The van der Waals surface area contributed by atoms with Crippen LogP contribution < -0.4 is 0 Å². The maximum absolute atomic E-state index is 13.1. The molecule has 0 saturated carbocycles. The molecule has 0 saturated heterocycles. The lowest BCUT2D eigenvalue weighted by Crippen LogP contribution is -2.57. The minimum Gasteiger partial charge on any atom is -0.362 e. The van der Waals surface area contributed by atoms with Gasteiger partial charge in [0.1, 0.15) is 0 Å². The van der Waals surface area contributed by atoms with E-state index in [1.54, 1.807) is 6.20 Å². The van der Waals surface area contributed by atoms with Crippen LogP contribution in [-0.2, 0) is 11.3 Å². The van der Waals surface area contributed by atoms with Crippen LogP contribution >= 0.6 is 15.9 Å². The minimum atomic E-state index is -4.99. The van der Waals surface area contributed by atoms with E-state index in [4.69, 9.17) is 0 Å². The largest absolute Gasteiger partial charge is 0.438 e. The molecular weight excluding hydrogens is 369 g/mol. The Bertz CT molecular complexity index is 616. The number of aromatic nitrogens is 2. The molecule has 1 aromatic heterocycles. The highest BCUT2D eigenvalue weighted by molar-refractivity contribution is 9.10. The van der Waals surface area contributed by atoms with Crippen molar-refractivity contribution in [2.45, 2.75) is 38.7 Å². The molecule has 0 aliphatic carbocycles. The smallest absolute Gasteiger partial charge is 0.362 e. The fraction of sp³-hybridized carbons (Fsp3) is 0.583. The SMILES string of the molecule is CC1=NN(C(=O)[C@@H](C)Cn2cc(Br)cn2)[C@](O)(C(F)(F)F)C1. The molecule has 0 aromatic carbocycles. The Kier molecular flexibility index (Phi) is 4.35. The molecule has 0 spiro atoms. The molecule has 6 nitrogen and oxygen atoms in total. The number of nitrogens with zero attached hydrogens (tertiary/aromatic N) is 4. The summed E-state index contributed by atoms with van der Waals surface area (Å²) >= 11 is 3.19. The van der Waals surface area contributed by atoms with Crippen LogP contribution in [0.25, 0.3) is 0 Å². The first kappa shape index (κ1) is 16.9. The van der Waals surface area contributed by atoms with Crippen LogP contribution in [0.2, 0.25) is 0 Å². The highest BCUT2D eigenvalue weighted by atomic mass is 79.9. The standard InChI is InChI=1S/C12H14BrF3N4O2/c1-7(5-19-6-9(13)4-17-19)10(21)20-11(22,12(14,15)16)3-8(2)18-20/h4,6-7,22H,3,5H2,1-2H3/t7-,11+/m0/s1. The Morgan fingerprint density at radius 3 is 2.73 bits per heavy atom. The van der Waals surface area contributed by atoms with Gasteiger partial charge in [0.15, 0.2) is 0 Å². The van der Waals surface area contributed by atoms with Crippen molar-refractivity contribution >= 4 is 27.5 Å². The number of hydrogen-bond donors (Lipinski definition) is 1. The monoisotopic (exact) mass is 382 g/mol. The summed E-state index contributed by atoms with van der Waals surface area (Å²) in [5.74, 6) is -1.75. The molecule has 1 amide bonds. The van der Waals surface area contributed by atoms with Crippen molar-refractivity contribution in [3.05, 3.63) is 16.9 Å². The van der Waals surface area contributed by atoms with Crippen LogP contribution in [0.5, 0.6) is 0 Å². The summed E-state index contributed by atoms with van der Waals surface area (Å²) in [5.41, 5.74) is -3.24. The Hall–Kier alpha value is -1.42. The van der Waals surface area contributed by atoms with Crippen LogP contribution in [0.3, 0.4) is 0 Å². The van der Waals surface area contributed by atoms with E-state index in [0.717, 1.165) is 0 Å². The van der Waals surface area contributed by atoms with Crippen molar-refractivity contribution in [3.8, 4) is 0 Å². The summed E-state index contributed by atoms with van der Waals surface area (Å²) in [6, 6.07) is 0. The zero-order chi connectivity index (χ0) is 16.7. The minimum absolute atomic E-state index is 0.0437. The Labute approximate surface area is 132 Å². The summed E-state index contributed by atoms with van der Waals surface area (Å²) in [7, 11) is 0. The van der Waals surface area contributed by atoms with Crippen molar-refractivity contribution in [2.24, 2.45) is 11.0 Å². The summed E-state index contributed by atoms with van der Waals surface area (Å²) in [5, 5.41) is 17.5. The van der Waals surface area contributed by atoms with Gasteiger partial charge in [-0.3, -0.25) is 9.48 Å². The topological polar surface area (TPSA) is 70.7 Å². The van der Waals surface area contributed by atoms with Crippen LogP contribution in [0.1, 0.15) is 20.3 Å². The molecule has 2 atom stereocenters. The van der Waals surface area contributed by atoms with Gasteiger partial charge in [-0.15, -0.1) is 0 Å². The second-order valence-corrected chi connectivity index (χ2v) is 6.17. The zero-order valence-electron chi connectivity index (χ0n) is 11.8. The fourth-order valence-corrected chi connectivity index (χ4v) is 2.51. The molecule has 22 heavy (non-hydrogen) atoms. The van der Waals surface area contributed by atoms with Gasteiger partial charge in [0, 0.05) is 18.3 Å². The van der Waals surface area contributed by atoms with Crippen molar-refractivity contribution in [1.82, 2.24) is 14.8 Å². The third-order valence-corrected chi connectivity index (χ3v) is 3.68. The third-order valence-electron chi connectivity index (χ3n) is 3.27. The fourth-order valence-electron chi connectivity index (χ4n) is 2.18. The van der Waals surface area contributed by atoms with Crippen LogP contribution in [0.15, 0.2) is 22.0 Å². The quantitative estimate of drug-likeness (QED) is 0.870. The molecule has 1 aromatic rings. The molecule has 0 unspecified atom stereocenters. The Morgan fingerprint density at radius 2 is 2.23 bits per heavy atom. The molecule has 2 heterocycles. The van der Waals surface area contributed by atoms with E-state index in [2.05, 4.69) is 26.1 Å². The first-order valence-corrected chi connectivity index (χ1v) is 7.19. The van der Waals surface area contributed by atoms with E-state index in [1.165, 1.54) is 24.7 Å². The van der Waals surface area contributed by atoms with Gasteiger partial charge in [-0.25, -0.2) is 0 Å². The number of halogens is 4. The summed E-state index contributed by atoms with van der Waals surface area (Å²) in [4.78, 5) is 12.3. The maximum Gasteiger partial charge on any atom is 0.438 e. The lowest BCUT2D eigenvalue weighted by atomic mass is 10.1. The van der Waals surface area contributed by atoms with Crippen molar-refractivity contribution in [1.29, 1.82) is 0 Å². The number of rotatable bonds is 3. The molecule has 10 heteroatoms. The molecule has 0 bridgehead atoms. The molecule has 2 rings (SSSR count). The molecule has 0 fully saturated rings. The van der Waals surface area contributed by atoms with Gasteiger partial charge in [0.25, 0.3) is 5.72 Å². The first-order valence-electron chi connectivity index (χ1n) is 6.40. The van der Waals surface area contributed by atoms with E-state index in [9.17, 15) is 23.1 Å². The number of hydrogen-bond acceptors (Lipinski definition) is 4. The van der Waals surface area contributed by atoms with Gasteiger partial charge >= 0.3 is 6.18 Å². The Morgan fingerprint density at radius 1 is 1.59 bits per heavy atom. The van der Waals surface area contributed by atoms with E-state index < -0.39 is 30.1 Å². The number of alkyl halides is 3. The lowest BCUT2D eigenvalue weighted by Gasteiger charge is -2.33. The van der Waals surface area contributed by atoms with Gasteiger partial charge in [0.05, 0.1) is 23.1 Å². The van der Waals surface area contributed by atoms with Gasteiger partial charge in [-0.05, 0) is 22.9 Å². The molecule has 122 valence electrons. The van der Waals surface area contributed by atoms with Crippen molar-refractivity contribution in [3.63, 3.8) is 0 Å². The van der Waals surface area contributed by atoms with Gasteiger partial charge < -0.3 is 5.11 Å². The summed E-state index contributed by atoms with van der Waals surface area (Å²) in [6.45, 7) is 2.86.